The molecule has 1 N–H and O–H groups in total. The summed E-state index contributed by atoms with van der Waals surface area (Å²) in [6, 6.07) is 29.9. The van der Waals surface area contributed by atoms with E-state index in [1.807, 2.05) is 47.2 Å². The van der Waals surface area contributed by atoms with Crippen molar-refractivity contribution in [1.82, 2.24) is 34.7 Å². The molecule has 3 aromatic carbocycles. The van der Waals surface area contributed by atoms with Crippen LogP contribution in [0.5, 0.6) is 5.75 Å². The number of amides is 1. The number of nitrogens with one attached hydrogen (secondary N) is 1. The Hall–Kier alpha value is -5.46. The molecule has 2 aliphatic rings. The van der Waals surface area contributed by atoms with Gasteiger partial charge >= 0.3 is 0 Å². The molecule has 1 fully saturated rings. The van der Waals surface area contributed by atoms with Crippen molar-refractivity contribution in [2.75, 3.05) is 18.5 Å². The number of imidazole rings is 1. The zero-order chi connectivity index (χ0) is 34.3. The average molecular weight is 683 g/mol. The molecule has 4 heterocycles. The molecule has 50 heavy (non-hydrogen) atoms. The molecular formula is C38H38N8O3Si. The van der Waals surface area contributed by atoms with Crippen LogP contribution in [0.4, 0.5) is 5.69 Å². The zero-order valence-corrected chi connectivity index (χ0v) is 29.2. The minimum absolute atomic E-state index is 0.201. The third-order valence-electron chi connectivity index (χ3n) is 9.54. The summed E-state index contributed by atoms with van der Waals surface area (Å²) in [5, 5.41) is 18.1. The molecule has 0 spiro atoms. The molecule has 1 unspecified atom stereocenters. The standard InChI is InChI=1S/C38H38N8O3Si/c1-38(2,3)50(29-11-6-4-7-12-29,30-13-8-5-9-14-30)49-24-28-23-48-35-31(36-42-43-44-46(28)36)15-10-16-32(35)41-37(47)33-21-27(19-20-39-33)45-22-34(40-25-45)26-17-18-26/h4-16,19-22,25-26,28H,17-18,23-24H2,1-3H3,(H,41,47). The van der Waals surface area contributed by atoms with Crippen LogP contribution in [-0.2, 0) is 4.43 Å². The molecule has 0 saturated heterocycles. The van der Waals surface area contributed by atoms with Crippen molar-refractivity contribution < 1.29 is 14.0 Å². The van der Waals surface area contributed by atoms with Gasteiger partial charge in [0.1, 0.15) is 18.3 Å². The first-order valence-electron chi connectivity index (χ1n) is 16.9. The number of tetrazole rings is 1. The second-order valence-corrected chi connectivity index (χ2v) is 18.2. The van der Waals surface area contributed by atoms with Gasteiger partial charge in [-0.25, -0.2) is 9.67 Å². The third kappa shape index (κ3) is 5.79. The van der Waals surface area contributed by atoms with Crippen LogP contribution in [0.15, 0.2) is 110 Å². The molecule has 1 atom stereocenters. The molecular weight excluding hydrogens is 645 g/mol. The van der Waals surface area contributed by atoms with Gasteiger partial charge in [0.15, 0.2) is 11.6 Å². The first-order chi connectivity index (χ1) is 24.3. The molecule has 1 aliphatic heterocycles. The van der Waals surface area contributed by atoms with Gasteiger partial charge in [-0.3, -0.25) is 9.78 Å². The second kappa shape index (κ2) is 12.8. The minimum Gasteiger partial charge on any atom is -0.488 e. The normalized spacial score (nSPS) is 15.8. The second-order valence-electron chi connectivity index (χ2n) is 13.9. The van der Waals surface area contributed by atoms with Crippen molar-refractivity contribution in [2.45, 2.75) is 50.6 Å². The fourth-order valence-electron chi connectivity index (χ4n) is 6.90. The quantitative estimate of drug-likeness (QED) is 0.197. The topological polar surface area (TPSA) is 122 Å². The number of hydrogen-bond acceptors (Lipinski definition) is 8. The van der Waals surface area contributed by atoms with Gasteiger partial charge in [0, 0.05) is 18.3 Å². The first kappa shape index (κ1) is 31.8. The smallest absolute Gasteiger partial charge is 0.274 e. The number of hydrogen-bond donors (Lipinski definition) is 1. The number of carbonyl (C=O) groups is 1. The molecule has 12 heteroatoms. The van der Waals surface area contributed by atoms with E-state index in [9.17, 15) is 4.79 Å². The van der Waals surface area contributed by atoms with E-state index in [0.29, 0.717) is 35.3 Å². The summed E-state index contributed by atoms with van der Waals surface area (Å²) in [6.45, 7) is 7.30. The lowest BCUT2D eigenvalue weighted by molar-refractivity contribution is 0.102. The predicted molar refractivity (Wildman–Crippen MR) is 193 cm³/mol. The summed E-state index contributed by atoms with van der Waals surface area (Å²) in [7, 11) is -2.84. The van der Waals surface area contributed by atoms with Crippen molar-refractivity contribution in [1.29, 1.82) is 0 Å². The van der Waals surface area contributed by atoms with Gasteiger partial charge in [-0.05, 0) is 62.9 Å². The number of ether oxygens (including phenoxy) is 1. The van der Waals surface area contributed by atoms with Gasteiger partial charge in [0.05, 0.1) is 35.6 Å². The number of pyridine rings is 1. The van der Waals surface area contributed by atoms with E-state index in [-0.39, 0.29) is 29.3 Å². The highest BCUT2D eigenvalue weighted by Crippen LogP contribution is 2.41. The Bertz CT molecular complexity index is 2100. The maximum Gasteiger partial charge on any atom is 0.274 e. The van der Waals surface area contributed by atoms with Crippen molar-refractivity contribution in [3.05, 3.63) is 121 Å². The molecule has 11 nitrogen and oxygen atoms in total. The molecule has 1 amide bonds. The molecule has 1 saturated carbocycles. The lowest BCUT2D eigenvalue weighted by Crippen LogP contribution is -2.67. The van der Waals surface area contributed by atoms with Gasteiger partial charge in [-0.1, -0.05) is 87.5 Å². The van der Waals surface area contributed by atoms with Gasteiger partial charge in [0.2, 0.25) is 0 Å². The fourth-order valence-corrected chi connectivity index (χ4v) is 11.5. The third-order valence-corrected chi connectivity index (χ3v) is 14.5. The molecule has 8 rings (SSSR count). The SMILES string of the molecule is CC(C)(C)[Si](OCC1COc2c(NC(=O)c3cc(-n4cnc(C5CC5)c4)ccn3)cccc2-c2nnnn21)(c1ccccc1)c1ccccc1. The first-order valence-corrected chi connectivity index (χ1v) is 18.8. The number of benzene rings is 3. The molecule has 6 aromatic rings. The molecule has 252 valence electrons. The Kier molecular flexibility index (Phi) is 8.12. The van der Waals surface area contributed by atoms with Crippen molar-refractivity contribution in [2.24, 2.45) is 0 Å². The summed E-state index contributed by atoms with van der Waals surface area (Å²) in [6.07, 6.45) is 7.79. The van der Waals surface area contributed by atoms with E-state index in [4.69, 9.17) is 9.16 Å². The van der Waals surface area contributed by atoms with Crippen LogP contribution in [0, 0.1) is 0 Å². The molecule has 3 aromatic heterocycles. The highest BCUT2D eigenvalue weighted by atomic mass is 28.4. The monoisotopic (exact) mass is 682 g/mol. The maximum atomic E-state index is 13.6. The average Bonchev–Trinajstić information content (AvgIpc) is 3.70. The Morgan fingerprint density at radius 2 is 1.70 bits per heavy atom. The van der Waals surface area contributed by atoms with Crippen molar-refractivity contribution in [3.63, 3.8) is 0 Å². The molecule has 0 radical (unpaired) electrons. The highest BCUT2D eigenvalue weighted by Gasteiger charge is 2.50. The van der Waals surface area contributed by atoms with Crippen LogP contribution in [0.1, 0.15) is 61.8 Å². The van der Waals surface area contributed by atoms with Crippen LogP contribution in [0.25, 0.3) is 17.1 Å². The number of para-hydroxylation sites is 1. The summed E-state index contributed by atoms with van der Waals surface area (Å²) in [5.74, 6) is 1.21. The number of aromatic nitrogens is 7. The minimum atomic E-state index is -2.84. The van der Waals surface area contributed by atoms with E-state index in [1.165, 1.54) is 23.2 Å². The number of anilines is 1. The Morgan fingerprint density at radius 1 is 0.960 bits per heavy atom. The number of nitrogens with zero attached hydrogens (tertiary/aromatic N) is 7. The van der Waals surface area contributed by atoms with E-state index < -0.39 is 8.32 Å². The van der Waals surface area contributed by atoms with E-state index in [0.717, 1.165) is 11.4 Å². The zero-order valence-electron chi connectivity index (χ0n) is 28.2. The van der Waals surface area contributed by atoms with E-state index >= 15 is 0 Å². The van der Waals surface area contributed by atoms with Crippen molar-refractivity contribution in [3.8, 4) is 22.8 Å². The Morgan fingerprint density at radius 3 is 2.40 bits per heavy atom. The van der Waals surface area contributed by atoms with E-state index in [2.05, 4.69) is 100 Å². The van der Waals surface area contributed by atoms with Gasteiger partial charge in [-0.2, -0.15) is 0 Å². The number of carbonyl (C=O) groups excluding carboxylic acids is 1. The summed E-state index contributed by atoms with van der Waals surface area (Å²) in [4.78, 5) is 22.5. The summed E-state index contributed by atoms with van der Waals surface area (Å²) >= 11 is 0. The Labute approximate surface area is 291 Å². The molecule has 0 bridgehead atoms. The summed E-state index contributed by atoms with van der Waals surface area (Å²) in [5.41, 5.74) is 3.34. The van der Waals surface area contributed by atoms with Crippen molar-refractivity contribution >= 4 is 30.3 Å². The molecule has 1 aliphatic carbocycles. The highest BCUT2D eigenvalue weighted by molar-refractivity contribution is 6.99. The van der Waals surface area contributed by atoms with E-state index in [1.54, 1.807) is 23.3 Å². The predicted octanol–water partition coefficient (Wildman–Crippen LogP) is 5.56. The van der Waals surface area contributed by atoms with Crippen LogP contribution >= 0.6 is 0 Å². The number of fused-ring (bicyclic) bond motifs is 3. The van der Waals surface area contributed by atoms with Crippen LogP contribution in [0.3, 0.4) is 0 Å². The lowest BCUT2D eigenvalue weighted by Gasteiger charge is -2.43. The van der Waals surface area contributed by atoms with Gasteiger partial charge in [0.25, 0.3) is 14.2 Å². The van der Waals surface area contributed by atoms with Gasteiger partial charge in [-0.15, -0.1) is 5.10 Å². The fraction of sp³-hybridized carbons (Fsp3) is 0.263. The number of rotatable bonds is 9. The van der Waals surface area contributed by atoms with Crippen LogP contribution in [-0.4, -0.2) is 62.2 Å². The van der Waals surface area contributed by atoms with Gasteiger partial charge < -0.3 is 19.0 Å². The largest absolute Gasteiger partial charge is 0.488 e. The van der Waals surface area contributed by atoms with Crippen LogP contribution in [0.2, 0.25) is 5.04 Å². The lowest BCUT2D eigenvalue weighted by atomic mass is 10.1. The summed E-state index contributed by atoms with van der Waals surface area (Å²) < 4.78 is 17.5. The Balaban J connectivity index is 1.07. The van der Waals surface area contributed by atoms with Crippen LogP contribution < -0.4 is 20.4 Å². The maximum absolute atomic E-state index is 13.6.